The Morgan fingerprint density at radius 2 is 2.69 bits per heavy atom. The van der Waals surface area contributed by atoms with Crippen LogP contribution in [0.2, 0.25) is 0 Å². The van der Waals surface area contributed by atoms with Gasteiger partial charge in [-0.15, -0.1) is 17.9 Å². The van der Waals surface area contributed by atoms with Crippen LogP contribution in [-0.4, -0.2) is 22.6 Å². The molecule has 0 fully saturated rings. The number of rotatable bonds is 5. The minimum absolute atomic E-state index is 0.453. The Labute approximate surface area is 79.9 Å². The smallest absolute Gasteiger partial charge is 0.327 e. The number of carbonyl (C=O) groups is 1. The molecule has 0 saturated carbocycles. The minimum Gasteiger partial charge on any atom is -0.480 e. The summed E-state index contributed by atoms with van der Waals surface area (Å²) in [6.07, 6.45) is 1.61. The zero-order valence-electron chi connectivity index (χ0n) is 6.93. The number of carboxylic acids is 1. The van der Waals surface area contributed by atoms with Gasteiger partial charge in [-0.3, -0.25) is 10.1 Å². The first-order valence-corrected chi connectivity index (χ1v) is 4.65. The summed E-state index contributed by atoms with van der Waals surface area (Å²) in [5.41, 5.74) is 2.15. The van der Waals surface area contributed by atoms with Crippen molar-refractivity contribution in [2.75, 3.05) is 6.54 Å². The van der Waals surface area contributed by atoms with Gasteiger partial charge < -0.3 is 5.11 Å². The van der Waals surface area contributed by atoms with Crippen LogP contribution in [0, 0.1) is 0 Å². The average molecular weight is 198 g/mol. The van der Waals surface area contributed by atoms with Gasteiger partial charge in [-0.2, -0.15) is 0 Å². The number of hydrogen-bond donors (Lipinski definition) is 2. The third-order valence-electron chi connectivity index (χ3n) is 1.46. The molecule has 0 aliphatic rings. The fraction of sp³-hybridized carbons (Fsp3) is 0.250. The highest BCUT2D eigenvalue weighted by molar-refractivity contribution is 7.07. The molecule has 0 aliphatic heterocycles. The van der Waals surface area contributed by atoms with E-state index in [1.807, 2.05) is 0 Å². The van der Waals surface area contributed by atoms with Crippen LogP contribution in [0.5, 0.6) is 0 Å². The number of nitrogens with zero attached hydrogens (tertiary/aromatic N) is 1. The quantitative estimate of drug-likeness (QED) is 0.694. The Balaban J connectivity index is 2.68. The monoisotopic (exact) mass is 198 g/mol. The van der Waals surface area contributed by atoms with Crippen molar-refractivity contribution < 1.29 is 9.90 Å². The Bertz CT molecular complexity index is 284. The molecule has 4 nitrogen and oxygen atoms in total. The predicted octanol–water partition coefficient (Wildman–Crippen LogP) is 1.04. The lowest BCUT2D eigenvalue weighted by atomic mass is 10.2. The lowest BCUT2D eigenvalue weighted by molar-refractivity contribution is -0.139. The van der Waals surface area contributed by atoms with Gasteiger partial charge >= 0.3 is 5.97 Å². The van der Waals surface area contributed by atoms with Crippen molar-refractivity contribution in [2.24, 2.45) is 0 Å². The maximum absolute atomic E-state index is 10.8. The molecule has 0 radical (unpaired) electrons. The van der Waals surface area contributed by atoms with Crippen molar-refractivity contribution in [3.8, 4) is 0 Å². The van der Waals surface area contributed by atoms with Crippen molar-refractivity contribution in [2.45, 2.75) is 6.04 Å². The van der Waals surface area contributed by atoms with Crippen LogP contribution in [0.25, 0.3) is 0 Å². The SMILES string of the molecule is C=CCNC(C(=O)O)c1cscn1. The molecule has 0 saturated heterocycles. The molecule has 0 aromatic carbocycles. The molecule has 0 spiro atoms. The van der Waals surface area contributed by atoms with Gasteiger partial charge in [0, 0.05) is 11.9 Å². The minimum atomic E-state index is -0.923. The van der Waals surface area contributed by atoms with Gasteiger partial charge in [-0.05, 0) is 0 Å². The molecule has 1 heterocycles. The van der Waals surface area contributed by atoms with Gasteiger partial charge in [0.25, 0.3) is 0 Å². The first kappa shape index (κ1) is 9.88. The molecule has 0 amide bonds. The molecule has 1 unspecified atom stereocenters. The predicted molar refractivity (Wildman–Crippen MR) is 50.7 cm³/mol. The summed E-state index contributed by atoms with van der Waals surface area (Å²) in [7, 11) is 0. The number of nitrogens with one attached hydrogen (secondary N) is 1. The third-order valence-corrected chi connectivity index (χ3v) is 2.07. The summed E-state index contributed by atoms with van der Waals surface area (Å²) in [5, 5.41) is 13.4. The van der Waals surface area contributed by atoms with E-state index in [0.717, 1.165) is 0 Å². The van der Waals surface area contributed by atoms with E-state index in [1.54, 1.807) is 17.0 Å². The molecule has 1 atom stereocenters. The van der Waals surface area contributed by atoms with E-state index in [1.165, 1.54) is 11.3 Å². The van der Waals surface area contributed by atoms with Crippen molar-refractivity contribution >= 4 is 17.3 Å². The number of hydrogen-bond acceptors (Lipinski definition) is 4. The van der Waals surface area contributed by atoms with E-state index in [9.17, 15) is 4.79 Å². The molecule has 1 rings (SSSR count). The molecule has 5 heteroatoms. The lowest BCUT2D eigenvalue weighted by Crippen LogP contribution is -2.28. The second kappa shape index (κ2) is 4.74. The highest BCUT2D eigenvalue weighted by Gasteiger charge is 2.19. The summed E-state index contributed by atoms with van der Waals surface area (Å²) in [6.45, 7) is 3.95. The molecular formula is C8H10N2O2S. The van der Waals surface area contributed by atoms with E-state index in [0.29, 0.717) is 12.2 Å². The fourth-order valence-electron chi connectivity index (χ4n) is 0.884. The van der Waals surface area contributed by atoms with Crippen LogP contribution in [0.4, 0.5) is 0 Å². The van der Waals surface area contributed by atoms with Gasteiger partial charge in [0.2, 0.25) is 0 Å². The van der Waals surface area contributed by atoms with Crippen LogP contribution in [0.3, 0.4) is 0 Å². The van der Waals surface area contributed by atoms with E-state index < -0.39 is 12.0 Å². The molecule has 1 aromatic heterocycles. The van der Waals surface area contributed by atoms with Crippen LogP contribution >= 0.6 is 11.3 Å². The zero-order chi connectivity index (χ0) is 9.68. The number of aromatic nitrogens is 1. The van der Waals surface area contributed by atoms with E-state index in [2.05, 4.69) is 16.9 Å². The second-order valence-electron chi connectivity index (χ2n) is 2.38. The molecule has 2 N–H and O–H groups in total. The van der Waals surface area contributed by atoms with Crippen LogP contribution in [0.15, 0.2) is 23.5 Å². The lowest BCUT2D eigenvalue weighted by Gasteiger charge is -2.09. The maximum atomic E-state index is 10.8. The Kier molecular flexibility index (Phi) is 3.60. The topological polar surface area (TPSA) is 62.2 Å². The summed E-state index contributed by atoms with van der Waals surface area (Å²) >= 11 is 1.38. The number of thiazole rings is 1. The molecule has 1 aromatic rings. The number of carboxylic acid groups (broad SMARTS) is 1. The van der Waals surface area contributed by atoms with Crippen molar-refractivity contribution in [1.29, 1.82) is 0 Å². The largest absolute Gasteiger partial charge is 0.480 e. The van der Waals surface area contributed by atoms with Crippen molar-refractivity contribution in [3.63, 3.8) is 0 Å². The van der Waals surface area contributed by atoms with E-state index in [-0.39, 0.29) is 0 Å². The maximum Gasteiger partial charge on any atom is 0.327 e. The van der Waals surface area contributed by atoms with Gasteiger partial charge in [-0.1, -0.05) is 6.08 Å². The van der Waals surface area contributed by atoms with Crippen molar-refractivity contribution in [3.05, 3.63) is 29.2 Å². The zero-order valence-corrected chi connectivity index (χ0v) is 7.75. The fourth-order valence-corrected chi connectivity index (χ4v) is 1.46. The molecule has 70 valence electrons. The summed E-state index contributed by atoms with van der Waals surface area (Å²) in [5.74, 6) is -0.923. The number of aliphatic carboxylic acids is 1. The summed E-state index contributed by atoms with van der Waals surface area (Å²) < 4.78 is 0. The summed E-state index contributed by atoms with van der Waals surface area (Å²) in [6, 6.07) is -0.732. The first-order chi connectivity index (χ1) is 6.25. The van der Waals surface area contributed by atoms with E-state index >= 15 is 0 Å². The summed E-state index contributed by atoms with van der Waals surface area (Å²) in [4.78, 5) is 14.7. The highest BCUT2D eigenvalue weighted by atomic mass is 32.1. The molecule has 0 bridgehead atoms. The van der Waals surface area contributed by atoms with Crippen LogP contribution in [-0.2, 0) is 4.79 Å². The Hall–Kier alpha value is -1.20. The molecule has 13 heavy (non-hydrogen) atoms. The van der Waals surface area contributed by atoms with Crippen molar-refractivity contribution in [1.82, 2.24) is 10.3 Å². The van der Waals surface area contributed by atoms with Gasteiger partial charge in [0.15, 0.2) is 0 Å². The average Bonchev–Trinajstić information content (AvgIpc) is 2.57. The van der Waals surface area contributed by atoms with Crippen LogP contribution < -0.4 is 5.32 Å². The van der Waals surface area contributed by atoms with Gasteiger partial charge in [0.05, 0.1) is 11.2 Å². The van der Waals surface area contributed by atoms with E-state index in [4.69, 9.17) is 5.11 Å². The standard InChI is InChI=1S/C8H10N2O2S/c1-2-3-9-7(8(11)12)6-4-13-5-10-6/h2,4-5,7,9H,1,3H2,(H,11,12). The highest BCUT2D eigenvalue weighted by Crippen LogP contribution is 2.12. The first-order valence-electron chi connectivity index (χ1n) is 3.71. The van der Waals surface area contributed by atoms with Gasteiger partial charge in [0.1, 0.15) is 6.04 Å². The normalized spacial score (nSPS) is 12.3. The Morgan fingerprint density at radius 1 is 1.92 bits per heavy atom. The Morgan fingerprint density at radius 3 is 3.15 bits per heavy atom. The molecular weight excluding hydrogens is 188 g/mol. The molecule has 0 aliphatic carbocycles. The van der Waals surface area contributed by atoms with Crippen LogP contribution in [0.1, 0.15) is 11.7 Å². The third kappa shape index (κ3) is 2.64. The second-order valence-corrected chi connectivity index (χ2v) is 3.10. The van der Waals surface area contributed by atoms with Gasteiger partial charge in [-0.25, -0.2) is 4.98 Å².